The molecule has 0 spiro atoms. The van der Waals surface area contributed by atoms with E-state index in [1.165, 1.54) is 0 Å². The van der Waals surface area contributed by atoms with Crippen molar-refractivity contribution < 1.29 is 31.5 Å². The third-order valence-electron chi connectivity index (χ3n) is 2.05. The first-order valence-electron chi connectivity index (χ1n) is 4.85. The molecule has 0 aliphatic carbocycles. The molecule has 0 aromatic heterocycles. The van der Waals surface area contributed by atoms with Gasteiger partial charge in [-0.05, 0) is 13.0 Å². The Morgan fingerprint density at radius 2 is 1.94 bits per heavy atom. The Hall–Kier alpha value is -1.66. The molecule has 0 bridgehead atoms. The van der Waals surface area contributed by atoms with Gasteiger partial charge in [0.1, 0.15) is 11.5 Å². The maximum atomic E-state index is 12.6. The molecule has 0 unspecified atom stereocenters. The van der Waals surface area contributed by atoms with Gasteiger partial charge in [0.05, 0.1) is 5.56 Å². The quantitative estimate of drug-likeness (QED) is 0.782. The van der Waals surface area contributed by atoms with E-state index in [2.05, 4.69) is 4.74 Å². The number of benzene rings is 1. The number of carbonyl (C=O) groups is 1. The molecule has 1 aromatic rings. The van der Waals surface area contributed by atoms with Crippen molar-refractivity contribution in [1.29, 1.82) is 0 Å². The Kier molecular flexibility index (Phi) is 4.26. The number of hydrogen-bond acceptors (Lipinski definition) is 2. The minimum absolute atomic E-state index is 0.211. The van der Waals surface area contributed by atoms with Crippen molar-refractivity contribution in [3.63, 3.8) is 0 Å². The third kappa shape index (κ3) is 3.68. The number of para-hydroxylation sites is 1. The molecule has 0 aliphatic heterocycles. The number of carbonyl (C=O) groups excluding carboxylic acids is 1. The summed E-state index contributed by atoms with van der Waals surface area (Å²) in [4.78, 5) is 10.9. The first-order valence-corrected chi connectivity index (χ1v) is 4.85. The lowest BCUT2D eigenvalue weighted by Crippen LogP contribution is -2.14. The van der Waals surface area contributed by atoms with Crippen molar-refractivity contribution in [1.82, 2.24) is 0 Å². The second-order valence-corrected chi connectivity index (χ2v) is 3.55. The summed E-state index contributed by atoms with van der Waals surface area (Å²) in [6.07, 6.45) is -5.22. The van der Waals surface area contributed by atoms with Gasteiger partial charge in [-0.2, -0.15) is 22.0 Å². The normalized spacial score (nSPS) is 11.7. The molecule has 2 nitrogen and oxygen atoms in total. The van der Waals surface area contributed by atoms with Gasteiger partial charge in [-0.1, -0.05) is 12.1 Å². The van der Waals surface area contributed by atoms with Crippen LogP contribution in [0.4, 0.5) is 22.0 Å². The average molecular weight is 268 g/mol. The molecule has 0 saturated carbocycles. The second kappa shape index (κ2) is 5.32. The van der Waals surface area contributed by atoms with E-state index in [0.717, 1.165) is 19.1 Å². The zero-order valence-electron chi connectivity index (χ0n) is 9.22. The smallest absolute Gasteiger partial charge is 0.419 e. The van der Waals surface area contributed by atoms with Crippen LogP contribution in [0, 0.1) is 0 Å². The molecule has 0 aliphatic rings. The highest BCUT2D eigenvalue weighted by molar-refractivity contribution is 5.79. The Bertz CT molecular complexity index is 440. The zero-order chi connectivity index (χ0) is 13.9. The fraction of sp³-hybridized carbons (Fsp3) is 0.364. The highest BCUT2D eigenvalue weighted by atomic mass is 19.4. The van der Waals surface area contributed by atoms with Crippen molar-refractivity contribution in [2.24, 2.45) is 0 Å². The minimum Gasteiger partial charge on any atom is -0.434 e. The number of halogens is 5. The van der Waals surface area contributed by atoms with Gasteiger partial charge in [0, 0.05) is 12.0 Å². The van der Waals surface area contributed by atoms with E-state index >= 15 is 0 Å². The molecule has 100 valence electrons. The largest absolute Gasteiger partial charge is 0.434 e. The van der Waals surface area contributed by atoms with Crippen molar-refractivity contribution in [2.75, 3.05) is 0 Å². The molecule has 0 saturated heterocycles. The maximum Gasteiger partial charge on any atom is 0.419 e. The number of ether oxygens (including phenoxy) is 1. The van der Waals surface area contributed by atoms with Crippen molar-refractivity contribution in [2.45, 2.75) is 26.1 Å². The van der Waals surface area contributed by atoms with Crippen LogP contribution < -0.4 is 4.74 Å². The molecule has 1 aromatic carbocycles. The standard InChI is InChI=1S/C11H9F5O2/c1-6(17)5-7-3-2-4-8(11(14,15)16)9(7)18-10(12)13/h2-4,10H,5H2,1H3. The van der Waals surface area contributed by atoms with Crippen molar-refractivity contribution in [3.05, 3.63) is 29.3 Å². The molecule has 0 N–H and O–H groups in total. The molecule has 0 atom stereocenters. The van der Waals surface area contributed by atoms with E-state index in [0.29, 0.717) is 6.07 Å². The van der Waals surface area contributed by atoms with Gasteiger partial charge in [0.15, 0.2) is 0 Å². The van der Waals surface area contributed by atoms with Crippen LogP contribution in [0.5, 0.6) is 5.75 Å². The van der Waals surface area contributed by atoms with Crippen LogP contribution in [0.15, 0.2) is 18.2 Å². The highest BCUT2D eigenvalue weighted by Crippen LogP contribution is 2.39. The van der Waals surface area contributed by atoms with E-state index in [4.69, 9.17) is 0 Å². The number of alkyl halides is 5. The zero-order valence-corrected chi connectivity index (χ0v) is 9.22. The van der Waals surface area contributed by atoms with Gasteiger partial charge in [0.2, 0.25) is 0 Å². The molecule has 18 heavy (non-hydrogen) atoms. The predicted molar refractivity (Wildman–Crippen MR) is 52.5 cm³/mol. The third-order valence-corrected chi connectivity index (χ3v) is 2.05. The van der Waals surface area contributed by atoms with Crippen LogP contribution in [0.2, 0.25) is 0 Å². The fourth-order valence-corrected chi connectivity index (χ4v) is 1.44. The van der Waals surface area contributed by atoms with E-state index in [9.17, 15) is 26.7 Å². The highest BCUT2D eigenvalue weighted by Gasteiger charge is 2.36. The summed E-state index contributed by atoms with van der Waals surface area (Å²) in [5.41, 5.74) is -1.53. The monoisotopic (exact) mass is 268 g/mol. The second-order valence-electron chi connectivity index (χ2n) is 3.55. The van der Waals surface area contributed by atoms with Gasteiger partial charge in [0.25, 0.3) is 0 Å². The number of rotatable bonds is 4. The molecule has 0 radical (unpaired) electrons. The summed E-state index contributed by atoms with van der Waals surface area (Å²) in [7, 11) is 0. The molecule has 7 heteroatoms. The van der Waals surface area contributed by atoms with Crippen LogP contribution in [0.25, 0.3) is 0 Å². The van der Waals surface area contributed by atoms with Crippen LogP contribution in [0.1, 0.15) is 18.1 Å². The molecular weight excluding hydrogens is 259 g/mol. The van der Waals surface area contributed by atoms with Crippen LogP contribution in [-0.2, 0) is 17.4 Å². The lowest BCUT2D eigenvalue weighted by Gasteiger charge is -2.16. The molecule has 0 amide bonds. The summed E-state index contributed by atoms with van der Waals surface area (Å²) in [6.45, 7) is -2.24. The number of hydrogen-bond donors (Lipinski definition) is 0. The van der Waals surface area contributed by atoms with E-state index < -0.39 is 36.3 Å². The predicted octanol–water partition coefficient (Wildman–Crippen LogP) is 3.44. The van der Waals surface area contributed by atoms with Gasteiger partial charge in [-0.25, -0.2) is 0 Å². The molecule has 0 fully saturated rings. The summed E-state index contributed by atoms with van der Waals surface area (Å²) in [5.74, 6) is -1.44. The van der Waals surface area contributed by atoms with Crippen LogP contribution in [0.3, 0.4) is 0 Å². The van der Waals surface area contributed by atoms with Gasteiger partial charge < -0.3 is 4.74 Å². The molecule has 1 rings (SSSR count). The number of Topliss-reactive ketones (excluding diaryl/α,β-unsaturated/α-hetero) is 1. The van der Waals surface area contributed by atoms with Gasteiger partial charge in [-0.15, -0.1) is 0 Å². The fourth-order valence-electron chi connectivity index (χ4n) is 1.44. The summed E-state index contributed by atoms with van der Waals surface area (Å²) < 4.78 is 66.0. The Morgan fingerprint density at radius 3 is 2.39 bits per heavy atom. The lowest BCUT2D eigenvalue weighted by atomic mass is 10.0. The minimum atomic E-state index is -4.82. The number of ketones is 1. The van der Waals surface area contributed by atoms with Crippen molar-refractivity contribution >= 4 is 5.78 Å². The molecule has 0 heterocycles. The van der Waals surface area contributed by atoms with Gasteiger partial charge in [-0.3, -0.25) is 4.79 Å². The van der Waals surface area contributed by atoms with Crippen LogP contribution >= 0.6 is 0 Å². The average Bonchev–Trinajstić information content (AvgIpc) is 2.17. The Balaban J connectivity index is 3.30. The van der Waals surface area contributed by atoms with E-state index in [1.54, 1.807) is 0 Å². The summed E-state index contributed by atoms with van der Waals surface area (Å²) in [5, 5.41) is 0. The Labute approximate surface area is 99.4 Å². The first-order chi connectivity index (χ1) is 8.21. The lowest BCUT2D eigenvalue weighted by molar-refractivity contribution is -0.142. The molecular formula is C11H9F5O2. The summed E-state index contributed by atoms with van der Waals surface area (Å²) in [6, 6.07) is 2.81. The maximum absolute atomic E-state index is 12.6. The topological polar surface area (TPSA) is 26.3 Å². The van der Waals surface area contributed by atoms with Crippen LogP contribution in [-0.4, -0.2) is 12.4 Å². The summed E-state index contributed by atoms with van der Waals surface area (Å²) >= 11 is 0. The SMILES string of the molecule is CC(=O)Cc1cccc(C(F)(F)F)c1OC(F)F. The first kappa shape index (κ1) is 14.4. The van der Waals surface area contributed by atoms with Gasteiger partial charge >= 0.3 is 12.8 Å². The Morgan fingerprint density at radius 1 is 1.33 bits per heavy atom. The van der Waals surface area contributed by atoms with E-state index in [-0.39, 0.29) is 5.56 Å². The van der Waals surface area contributed by atoms with E-state index in [1.807, 2.05) is 0 Å². The van der Waals surface area contributed by atoms with Crippen molar-refractivity contribution in [3.8, 4) is 5.75 Å².